The van der Waals surface area contributed by atoms with Crippen LogP contribution in [0.15, 0.2) is 58.4 Å². The number of nitrogens with one attached hydrogen (secondary N) is 2. The van der Waals surface area contributed by atoms with Gasteiger partial charge in [0.05, 0.1) is 17.2 Å². The van der Waals surface area contributed by atoms with Gasteiger partial charge in [-0.05, 0) is 55.5 Å². The minimum atomic E-state index is -0.372. The maximum absolute atomic E-state index is 12.6. The summed E-state index contributed by atoms with van der Waals surface area (Å²) in [5.41, 5.74) is 1.81. The van der Waals surface area contributed by atoms with Crippen molar-refractivity contribution >= 4 is 40.3 Å². The first-order chi connectivity index (χ1) is 15.0. The fourth-order valence-electron chi connectivity index (χ4n) is 3.86. The van der Waals surface area contributed by atoms with E-state index < -0.39 is 0 Å². The molecular weight excluding hydrogens is 412 g/mol. The highest BCUT2D eigenvalue weighted by Crippen LogP contribution is 2.20. The van der Waals surface area contributed by atoms with E-state index in [2.05, 4.69) is 15.6 Å². The zero-order chi connectivity index (χ0) is 21.8. The molecule has 160 valence electrons. The summed E-state index contributed by atoms with van der Waals surface area (Å²) in [4.78, 5) is 42.8. The third-order valence-corrected chi connectivity index (χ3v) is 6.18. The summed E-state index contributed by atoms with van der Waals surface area (Å²) in [5, 5.41) is 5.88. The first-order valence-electron chi connectivity index (χ1n) is 10.3. The van der Waals surface area contributed by atoms with Crippen LogP contribution in [-0.4, -0.2) is 33.7 Å². The van der Waals surface area contributed by atoms with Gasteiger partial charge in [-0.15, -0.1) is 11.8 Å². The molecule has 3 aromatic rings. The monoisotopic (exact) mass is 436 g/mol. The highest BCUT2D eigenvalue weighted by molar-refractivity contribution is 7.98. The Hall–Kier alpha value is -3.13. The highest BCUT2D eigenvalue weighted by Gasteiger charge is 2.19. The van der Waals surface area contributed by atoms with E-state index in [4.69, 9.17) is 0 Å². The molecule has 1 saturated carbocycles. The molecule has 0 unspecified atom stereocenters. The Morgan fingerprint density at radius 2 is 1.97 bits per heavy atom. The van der Waals surface area contributed by atoms with Gasteiger partial charge in [-0.25, -0.2) is 4.98 Å². The lowest BCUT2D eigenvalue weighted by atomic mass is 10.1. The zero-order valence-electron chi connectivity index (χ0n) is 17.3. The second kappa shape index (κ2) is 9.34. The van der Waals surface area contributed by atoms with E-state index in [1.54, 1.807) is 36.0 Å². The summed E-state index contributed by atoms with van der Waals surface area (Å²) in [5.74, 6) is -0.448. The van der Waals surface area contributed by atoms with Crippen LogP contribution in [0.4, 0.5) is 5.69 Å². The van der Waals surface area contributed by atoms with Crippen molar-refractivity contribution in [3.8, 4) is 0 Å². The van der Waals surface area contributed by atoms with Crippen molar-refractivity contribution in [1.82, 2.24) is 14.9 Å². The Bertz CT molecular complexity index is 1180. The number of rotatable bonds is 6. The van der Waals surface area contributed by atoms with Gasteiger partial charge in [-0.2, -0.15) is 0 Å². The van der Waals surface area contributed by atoms with Gasteiger partial charge in [-0.1, -0.05) is 18.9 Å². The summed E-state index contributed by atoms with van der Waals surface area (Å²) in [6.45, 7) is -0.144. The van der Waals surface area contributed by atoms with Gasteiger partial charge < -0.3 is 10.6 Å². The van der Waals surface area contributed by atoms with E-state index in [0.717, 1.165) is 30.6 Å². The SMILES string of the molecule is CSc1cccc(NC(=O)Cn2c(=O)cnc3cc(C(=O)NC4CCCC4)ccc32)c1. The van der Waals surface area contributed by atoms with Gasteiger partial charge in [0.2, 0.25) is 5.91 Å². The number of carbonyl (C=O) groups is 2. The lowest BCUT2D eigenvalue weighted by Gasteiger charge is -2.13. The Morgan fingerprint density at radius 3 is 2.74 bits per heavy atom. The summed E-state index contributed by atoms with van der Waals surface area (Å²) < 4.78 is 1.37. The van der Waals surface area contributed by atoms with Gasteiger partial charge in [0, 0.05) is 22.2 Å². The molecule has 1 aliphatic rings. The van der Waals surface area contributed by atoms with Crippen LogP contribution in [0.25, 0.3) is 11.0 Å². The molecule has 1 aromatic heterocycles. The average molecular weight is 437 g/mol. The highest BCUT2D eigenvalue weighted by atomic mass is 32.2. The predicted octanol–water partition coefficient (Wildman–Crippen LogP) is 3.43. The summed E-state index contributed by atoms with van der Waals surface area (Å²) in [7, 11) is 0. The average Bonchev–Trinajstić information content (AvgIpc) is 3.28. The summed E-state index contributed by atoms with van der Waals surface area (Å²) >= 11 is 1.58. The van der Waals surface area contributed by atoms with Crippen LogP contribution >= 0.6 is 11.8 Å². The van der Waals surface area contributed by atoms with E-state index in [-0.39, 0.29) is 30.0 Å². The van der Waals surface area contributed by atoms with Crippen LogP contribution in [0.5, 0.6) is 0 Å². The molecule has 4 rings (SSSR count). The van der Waals surface area contributed by atoms with Crippen LogP contribution in [0.1, 0.15) is 36.0 Å². The van der Waals surface area contributed by atoms with Crippen LogP contribution in [0.3, 0.4) is 0 Å². The van der Waals surface area contributed by atoms with Gasteiger partial charge >= 0.3 is 0 Å². The van der Waals surface area contributed by atoms with Crippen molar-refractivity contribution in [2.75, 3.05) is 11.6 Å². The molecular formula is C23H24N4O3S. The van der Waals surface area contributed by atoms with Crippen molar-refractivity contribution < 1.29 is 9.59 Å². The number of benzene rings is 2. The quantitative estimate of drug-likeness (QED) is 0.578. The van der Waals surface area contributed by atoms with Gasteiger partial charge in [0.1, 0.15) is 6.54 Å². The Balaban J connectivity index is 1.54. The molecule has 0 spiro atoms. The topological polar surface area (TPSA) is 93.1 Å². The number of carbonyl (C=O) groups excluding carboxylic acids is 2. The fraction of sp³-hybridized carbons (Fsp3) is 0.304. The molecule has 0 saturated heterocycles. The summed E-state index contributed by atoms with van der Waals surface area (Å²) in [6, 6.07) is 12.7. The van der Waals surface area contributed by atoms with Crippen LogP contribution < -0.4 is 16.2 Å². The van der Waals surface area contributed by atoms with Gasteiger partial charge in [0.25, 0.3) is 11.5 Å². The molecule has 2 aromatic carbocycles. The number of aromatic nitrogens is 2. The summed E-state index contributed by atoms with van der Waals surface area (Å²) in [6.07, 6.45) is 7.44. The smallest absolute Gasteiger partial charge is 0.269 e. The minimum Gasteiger partial charge on any atom is -0.349 e. The van der Waals surface area contributed by atoms with Crippen molar-refractivity contribution in [3.05, 3.63) is 64.6 Å². The van der Waals surface area contributed by atoms with Crippen LogP contribution in [-0.2, 0) is 11.3 Å². The fourth-order valence-corrected chi connectivity index (χ4v) is 4.32. The number of fused-ring (bicyclic) bond motifs is 1. The van der Waals surface area contributed by atoms with E-state index in [0.29, 0.717) is 22.3 Å². The molecule has 8 heteroatoms. The predicted molar refractivity (Wildman–Crippen MR) is 123 cm³/mol. The number of nitrogens with zero attached hydrogens (tertiary/aromatic N) is 2. The molecule has 1 aliphatic carbocycles. The molecule has 31 heavy (non-hydrogen) atoms. The van der Waals surface area contributed by atoms with Gasteiger partial charge in [0.15, 0.2) is 0 Å². The zero-order valence-corrected chi connectivity index (χ0v) is 18.1. The van der Waals surface area contributed by atoms with E-state index in [1.165, 1.54) is 10.8 Å². The molecule has 1 heterocycles. The molecule has 0 atom stereocenters. The Kier molecular flexibility index (Phi) is 6.36. The molecule has 2 amide bonds. The van der Waals surface area contributed by atoms with Crippen molar-refractivity contribution in [2.45, 2.75) is 43.2 Å². The second-order valence-corrected chi connectivity index (χ2v) is 8.50. The lowest BCUT2D eigenvalue weighted by molar-refractivity contribution is -0.116. The Morgan fingerprint density at radius 1 is 1.16 bits per heavy atom. The van der Waals surface area contributed by atoms with E-state index in [1.807, 2.05) is 24.5 Å². The molecule has 1 fully saturated rings. The standard InChI is InChI=1S/C23H24N4O3S/c1-31-18-8-4-7-17(12-18)25-21(28)14-27-20-10-9-15(11-19(20)24-13-22(27)29)23(30)26-16-5-2-3-6-16/h4,7-13,16H,2-3,5-6,14H2,1H3,(H,25,28)(H,26,30). The van der Waals surface area contributed by atoms with Crippen LogP contribution in [0, 0.1) is 0 Å². The molecule has 7 nitrogen and oxygen atoms in total. The third-order valence-electron chi connectivity index (χ3n) is 5.45. The van der Waals surface area contributed by atoms with Crippen LogP contribution in [0.2, 0.25) is 0 Å². The molecule has 0 aliphatic heterocycles. The molecule has 0 bridgehead atoms. The van der Waals surface area contributed by atoms with Gasteiger partial charge in [-0.3, -0.25) is 19.0 Å². The maximum atomic E-state index is 12.6. The van der Waals surface area contributed by atoms with E-state index >= 15 is 0 Å². The molecule has 2 N–H and O–H groups in total. The lowest BCUT2D eigenvalue weighted by Crippen LogP contribution is -2.32. The number of hydrogen-bond donors (Lipinski definition) is 2. The van der Waals surface area contributed by atoms with Crippen molar-refractivity contribution in [1.29, 1.82) is 0 Å². The minimum absolute atomic E-state index is 0.139. The number of amides is 2. The van der Waals surface area contributed by atoms with E-state index in [9.17, 15) is 14.4 Å². The van der Waals surface area contributed by atoms with Crippen molar-refractivity contribution in [2.24, 2.45) is 0 Å². The first kappa shape index (κ1) is 21.1. The maximum Gasteiger partial charge on any atom is 0.269 e. The normalized spacial score (nSPS) is 14.0. The van der Waals surface area contributed by atoms with Crippen molar-refractivity contribution in [3.63, 3.8) is 0 Å². The number of anilines is 1. The Labute approximate surface area is 184 Å². The third kappa shape index (κ3) is 4.96. The second-order valence-electron chi connectivity index (χ2n) is 7.62. The first-order valence-corrected chi connectivity index (χ1v) is 11.5. The largest absolute Gasteiger partial charge is 0.349 e. The number of hydrogen-bond acceptors (Lipinski definition) is 5. The number of thioether (sulfide) groups is 1. The molecule has 0 radical (unpaired) electrons.